The lowest BCUT2D eigenvalue weighted by Crippen LogP contribution is -2.52. The molecule has 1 amide bonds. The summed E-state index contributed by atoms with van der Waals surface area (Å²) < 4.78 is 1.75. The lowest BCUT2D eigenvalue weighted by atomic mass is 10.1. The van der Waals surface area contributed by atoms with Gasteiger partial charge in [0.1, 0.15) is 0 Å². The average molecular weight is 293 g/mol. The van der Waals surface area contributed by atoms with Gasteiger partial charge in [-0.25, -0.2) is 0 Å². The number of aromatic nitrogens is 2. The first-order valence-corrected chi connectivity index (χ1v) is 7.80. The number of nitrogens with zero attached hydrogens (tertiary/aromatic N) is 4. The van der Waals surface area contributed by atoms with Crippen LogP contribution in [0.3, 0.4) is 0 Å². The molecule has 2 heterocycles. The van der Waals surface area contributed by atoms with Crippen molar-refractivity contribution in [3.05, 3.63) is 17.5 Å². The third kappa shape index (κ3) is 3.44. The van der Waals surface area contributed by atoms with Gasteiger partial charge < -0.3 is 10.6 Å². The van der Waals surface area contributed by atoms with Crippen LogP contribution >= 0.6 is 0 Å². The van der Waals surface area contributed by atoms with E-state index in [1.807, 2.05) is 18.9 Å². The van der Waals surface area contributed by atoms with Crippen LogP contribution in [0.5, 0.6) is 0 Å². The average Bonchev–Trinajstić information content (AvgIpc) is 2.84. The highest BCUT2D eigenvalue weighted by Crippen LogP contribution is 2.15. The van der Waals surface area contributed by atoms with Crippen LogP contribution in [0.2, 0.25) is 0 Å². The minimum Gasteiger partial charge on any atom is -0.336 e. The van der Waals surface area contributed by atoms with Gasteiger partial charge in [-0.05, 0) is 26.3 Å². The van der Waals surface area contributed by atoms with E-state index in [0.29, 0.717) is 6.04 Å². The van der Waals surface area contributed by atoms with E-state index in [1.165, 1.54) is 0 Å². The second-order valence-electron chi connectivity index (χ2n) is 5.73. The summed E-state index contributed by atoms with van der Waals surface area (Å²) in [5.41, 5.74) is 7.33. The monoisotopic (exact) mass is 293 g/mol. The molecule has 1 aliphatic rings. The summed E-state index contributed by atoms with van der Waals surface area (Å²) in [6.45, 7) is 8.31. The fourth-order valence-electron chi connectivity index (χ4n) is 3.01. The highest BCUT2D eigenvalue weighted by Gasteiger charge is 2.26. The molecule has 1 aromatic heterocycles. The molecule has 1 saturated heterocycles. The zero-order valence-corrected chi connectivity index (χ0v) is 13.4. The van der Waals surface area contributed by atoms with Crippen LogP contribution < -0.4 is 5.73 Å². The minimum atomic E-state index is 0.104. The SMILES string of the molecule is CCC(CCN)N1CCN(C(=O)c2cnn(C)c2C)CC1. The third-order valence-corrected chi connectivity index (χ3v) is 4.55. The molecule has 1 atom stereocenters. The number of hydrogen-bond donors (Lipinski definition) is 1. The van der Waals surface area contributed by atoms with Crippen LogP contribution in [-0.2, 0) is 7.05 Å². The van der Waals surface area contributed by atoms with Crippen LogP contribution in [0.15, 0.2) is 6.20 Å². The Morgan fingerprint density at radius 2 is 2.05 bits per heavy atom. The second-order valence-corrected chi connectivity index (χ2v) is 5.73. The highest BCUT2D eigenvalue weighted by atomic mass is 16.2. The Bertz CT molecular complexity index is 476. The van der Waals surface area contributed by atoms with Crippen LogP contribution in [0.25, 0.3) is 0 Å². The first-order chi connectivity index (χ1) is 10.1. The van der Waals surface area contributed by atoms with Gasteiger partial charge in [-0.1, -0.05) is 6.92 Å². The maximum Gasteiger partial charge on any atom is 0.257 e. The number of amides is 1. The lowest BCUT2D eigenvalue weighted by Gasteiger charge is -2.39. The fraction of sp³-hybridized carbons (Fsp3) is 0.733. The Morgan fingerprint density at radius 3 is 2.52 bits per heavy atom. The van der Waals surface area contributed by atoms with Crippen LogP contribution in [-0.4, -0.2) is 64.3 Å². The van der Waals surface area contributed by atoms with Crippen LogP contribution in [0, 0.1) is 6.92 Å². The molecule has 1 aromatic rings. The number of piperazine rings is 1. The molecular formula is C15H27N5O. The number of carbonyl (C=O) groups excluding carboxylic acids is 1. The van der Waals surface area contributed by atoms with Crippen LogP contribution in [0.4, 0.5) is 0 Å². The summed E-state index contributed by atoms with van der Waals surface area (Å²) in [4.78, 5) is 16.9. The third-order valence-electron chi connectivity index (χ3n) is 4.55. The molecule has 1 fully saturated rings. The molecule has 0 bridgehead atoms. The van der Waals surface area contributed by atoms with Crippen molar-refractivity contribution in [3.8, 4) is 0 Å². The number of hydrogen-bond acceptors (Lipinski definition) is 4. The van der Waals surface area contributed by atoms with Crippen molar-refractivity contribution in [2.75, 3.05) is 32.7 Å². The maximum absolute atomic E-state index is 12.5. The van der Waals surface area contributed by atoms with E-state index in [2.05, 4.69) is 16.9 Å². The molecule has 0 radical (unpaired) electrons. The summed E-state index contributed by atoms with van der Waals surface area (Å²) in [5.74, 6) is 0.104. The van der Waals surface area contributed by atoms with Gasteiger partial charge in [-0.15, -0.1) is 0 Å². The first-order valence-electron chi connectivity index (χ1n) is 7.80. The second kappa shape index (κ2) is 7.04. The van der Waals surface area contributed by atoms with Crippen molar-refractivity contribution >= 4 is 5.91 Å². The molecule has 0 spiro atoms. The quantitative estimate of drug-likeness (QED) is 0.864. The zero-order chi connectivity index (χ0) is 15.4. The van der Waals surface area contributed by atoms with E-state index in [4.69, 9.17) is 5.73 Å². The Balaban J connectivity index is 1.94. The van der Waals surface area contributed by atoms with Crippen molar-refractivity contribution in [2.45, 2.75) is 32.7 Å². The summed E-state index contributed by atoms with van der Waals surface area (Å²) >= 11 is 0. The molecule has 0 aromatic carbocycles. The first kappa shape index (κ1) is 16.0. The molecule has 6 heteroatoms. The predicted molar refractivity (Wildman–Crippen MR) is 83.2 cm³/mol. The predicted octanol–water partition coefficient (Wildman–Crippen LogP) is 0.614. The highest BCUT2D eigenvalue weighted by molar-refractivity contribution is 5.95. The molecule has 0 saturated carbocycles. The molecule has 21 heavy (non-hydrogen) atoms. The Morgan fingerprint density at radius 1 is 1.38 bits per heavy atom. The van der Waals surface area contributed by atoms with Crippen molar-refractivity contribution < 1.29 is 4.79 Å². The van der Waals surface area contributed by atoms with Gasteiger partial charge in [0.15, 0.2) is 0 Å². The fourth-order valence-corrected chi connectivity index (χ4v) is 3.01. The van der Waals surface area contributed by atoms with Crippen molar-refractivity contribution in [1.29, 1.82) is 0 Å². The van der Waals surface area contributed by atoms with Gasteiger partial charge in [-0.3, -0.25) is 14.4 Å². The van der Waals surface area contributed by atoms with E-state index in [9.17, 15) is 4.79 Å². The minimum absolute atomic E-state index is 0.104. The van der Waals surface area contributed by atoms with Gasteiger partial charge in [0.2, 0.25) is 0 Å². The number of carbonyl (C=O) groups is 1. The van der Waals surface area contributed by atoms with E-state index >= 15 is 0 Å². The number of aryl methyl sites for hydroxylation is 1. The van der Waals surface area contributed by atoms with Crippen molar-refractivity contribution in [2.24, 2.45) is 12.8 Å². The van der Waals surface area contributed by atoms with E-state index in [0.717, 1.165) is 56.8 Å². The van der Waals surface area contributed by atoms with Gasteiger partial charge >= 0.3 is 0 Å². The summed E-state index contributed by atoms with van der Waals surface area (Å²) in [6, 6.07) is 0.549. The van der Waals surface area contributed by atoms with Crippen molar-refractivity contribution in [1.82, 2.24) is 19.6 Å². The lowest BCUT2D eigenvalue weighted by molar-refractivity contribution is 0.0556. The zero-order valence-electron chi connectivity index (χ0n) is 13.4. The van der Waals surface area contributed by atoms with Gasteiger partial charge in [0, 0.05) is 45.0 Å². The maximum atomic E-state index is 12.5. The number of rotatable bonds is 5. The molecule has 118 valence electrons. The molecule has 2 rings (SSSR count). The van der Waals surface area contributed by atoms with Gasteiger partial charge in [0.05, 0.1) is 11.8 Å². The summed E-state index contributed by atoms with van der Waals surface area (Å²) in [7, 11) is 1.86. The standard InChI is InChI=1S/C15H27N5O/c1-4-13(5-6-16)19-7-9-20(10-8-19)15(21)14-11-17-18(3)12(14)2/h11,13H,4-10,16H2,1-3H3. The van der Waals surface area contributed by atoms with Crippen molar-refractivity contribution in [3.63, 3.8) is 0 Å². The molecular weight excluding hydrogens is 266 g/mol. The van der Waals surface area contributed by atoms with E-state index < -0.39 is 0 Å². The Hall–Kier alpha value is -1.40. The van der Waals surface area contributed by atoms with E-state index in [-0.39, 0.29) is 5.91 Å². The van der Waals surface area contributed by atoms with E-state index in [1.54, 1.807) is 10.9 Å². The smallest absolute Gasteiger partial charge is 0.257 e. The Labute approximate surface area is 126 Å². The molecule has 1 unspecified atom stereocenters. The number of nitrogens with two attached hydrogens (primary N) is 1. The molecule has 1 aliphatic heterocycles. The largest absolute Gasteiger partial charge is 0.336 e. The molecule has 6 nitrogen and oxygen atoms in total. The van der Waals surface area contributed by atoms with Gasteiger partial charge in [-0.2, -0.15) is 5.10 Å². The molecule has 0 aliphatic carbocycles. The topological polar surface area (TPSA) is 67.4 Å². The summed E-state index contributed by atoms with van der Waals surface area (Å²) in [6.07, 6.45) is 3.83. The summed E-state index contributed by atoms with van der Waals surface area (Å²) in [5, 5.41) is 4.16. The van der Waals surface area contributed by atoms with Gasteiger partial charge in [0.25, 0.3) is 5.91 Å². The molecule has 2 N–H and O–H groups in total. The normalized spacial score (nSPS) is 18.0. The van der Waals surface area contributed by atoms with Crippen LogP contribution in [0.1, 0.15) is 35.8 Å². The Kier molecular flexibility index (Phi) is 5.36.